The highest BCUT2D eigenvalue weighted by atomic mass is 32.1. The monoisotopic (exact) mass is 263 g/mol. The Balaban J connectivity index is 2.11. The number of nitrogens with zero attached hydrogens (tertiary/aromatic N) is 1. The number of thiophene rings is 1. The van der Waals surface area contributed by atoms with Crippen LogP contribution in [0.3, 0.4) is 0 Å². The largest absolute Gasteiger partial charge is 0.323 e. The molecule has 94 valence electrons. The van der Waals surface area contributed by atoms with Gasteiger partial charge in [0.25, 0.3) is 0 Å². The zero-order valence-electron chi connectivity index (χ0n) is 9.79. The molecule has 1 unspecified atom stereocenters. The van der Waals surface area contributed by atoms with Crippen LogP contribution in [-0.2, 0) is 11.8 Å². The summed E-state index contributed by atoms with van der Waals surface area (Å²) in [4.78, 5) is 23.9. The van der Waals surface area contributed by atoms with E-state index in [-0.39, 0.29) is 11.5 Å². The van der Waals surface area contributed by atoms with E-state index in [2.05, 4.69) is 5.32 Å². The lowest BCUT2D eigenvalue weighted by molar-refractivity contribution is -0.117. The van der Waals surface area contributed by atoms with Gasteiger partial charge in [-0.05, 0) is 17.5 Å². The molecule has 0 aliphatic rings. The topological polar surface area (TPSA) is 77.1 Å². The smallest absolute Gasteiger partial charge is 0.250 e. The fourth-order valence-corrected chi connectivity index (χ4v) is 2.21. The Bertz CT molecular complexity index is 604. The van der Waals surface area contributed by atoms with E-state index in [0.717, 1.165) is 4.88 Å². The minimum absolute atomic E-state index is 0.129. The number of amides is 1. The molecule has 1 amide bonds. The van der Waals surface area contributed by atoms with Crippen molar-refractivity contribution in [3.63, 3.8) is 0 Å². The second kappa shape index (κ2) is 5.16. The number of carbonyl (C=O) groups is 1. The molecule has 0 saturated heterocycles. The number of aromatic nitrogens is 1. The highest BCUT2D eigenvalue weighted by Crippen LogP contribution is 2.18. The maximum absolute atomic E-state index is 11.9. The molecule has 5 nitrogen and oxygen atoms in total. The number of anilines is 1. The van der Waals surface area contributed by atoms with E-state index in [4.69, 9.17) is 5.73 Å². The molecule has 18 heavy (non-hydrogen) atoms. The van der Waals surface area contributed by atoms with Gasteiger partial charge in [-0.15, -0.1) is 11.3 Å². The van der Waals surface area contributed by atoms with Crippen LogP contribution in [0.5, 0.6) is 0 Å². The molecule has 2 heterocycles. The van der Waals surface area contributed by atoms with E-state index in [1.54, 1.807) is 19.3 Å². The van der Waals surface area contributed by atoms with Gasteiger partial charge >= 0.3 is 0 Å². The molecule has 0 saturated carbocycles. The Morgan fingerprint density at radius 3 is 2.83 bits per heavy atom. The van der Waals surface area contributed by atoms with Crippen molar-refractivity contribution in [2.75, 3.05) is 5.32 Å². The van der Waals surface area contributed by atoms with Crippen LogP contribution in [0.1, 0.15) is 10.9 Å². The number of hydrogen-bond donors (Lipinski definition) is 2. The lowest BCUT2D eigenvalue weighted by Gasteiger charge is -2.11. The number of nitrogens with two attached hydrogens (primary N) is 1. The summed E-state index contributed by atoms with van der Waals surface area (Å²) >= 11 is 1.43. The molecular weight excluding hydrogens is 250 g/mol. The van der Waals surface area contributed by atoms with Crippen LogP contribution in [0, 0.1) is 0 Å². The average Bonchev–Trinajstić information content (AvgIpc) is 2.86. The van der Waals surface area contributed by atoms with E-state index < -0.39 is 6.04 Å². The van der Waals surface area contributed by atoms with Crippen LogP contribution in [0.15, 0.2) is 40.6 Å². The third-order valence-electron chi connectivity index (χ3n) is 2.49. The molecule has 0 radical (unpaired) electrons. The zero-order valence-corrected chi connectivity index (χ0v) is 10.6. The molecule has 0 bridgehead atoms. The van der Waals surface area contributed by atoms with Crippen molar-refractivity contribution in [2.45, 2.75) is 6.04 Å². The predicted molar refractivity (Wildman–Crippen MR) is 71.6 cm³/mol. The molecule has 0 fully saturated rings. The number of rotatable bonds is 3. The molecule has 2 rings (SSSR count). The number of nitrogens with one attached hydrogen (secondary N) is 1. The Morgan fingerprint density at radius 1 is 1.44 bits per heavy atom. The van der Waals surface area contributed by atoms with Crippen LogP contribution in [0.25, 0.3) is 0 Å². The summed E-state index contributed by atoms with van der Waals surface area (Å²) in [5, 5.41) is 4.55. The lowest BCUT2D eigenvalue weighted by Crippen LogP contribution is -2.27. The summed E-state index contributed by atoms with van der Waals surface area (Å²) < 4.78 is 1.40. The van der Waals surface area contributed by atoms with Gasteiger partial charge in [-0.3, -0.25) is 9.59 Å². The Kier molecular flexibility index (Phi) is 3.59. The average molecular weight is 263 g/mol. The van der Waals surface area contributed by atoms with Gasteiger partial charge in [-0.2, -0.15) is 0 Å². The van der Waals surface area contributed by atoms with Crippen molar-refractivity contribution in [3.8, 4) is 0 Å². The van der Waals surface area contributed by atoms with Gasteiger partial charge in [0.2, 0.25) is 11.5 Å². The summed E-state index contributed by atoms with van der Waals surface area (Å²) in [6.45, 7) is 0. The molecule has 0 aromatic carbocycles. The van der Waals surface area contributed by atoms with E-state index >= 15 is 0 Å². The zero-order chi connectivity index (χ0) is 13.1. The van der Waals surface area contributed by atoms with Crippen molar-refractivity contribution in [1.82, 2.24) is 4.57 Å². The minimum Gasteiger partial charge on any atom is -0.323 e. The van der Waals surface area contributed by atoms with Gasteiger partial charge in [0, 0.05) is 24.2 Å². The third-order valence-corrected chi connectivity index (χ3v) is 3.44. The van der Waals surface area contributed by atoms with Gasteiger partial charge in [0.15, 0.2) is 0 Å². The molecule has 0 aliphatic carbocycles. The fraction of sp³-hybridized carbons (Fsp3) is 0.167. The van der Waals surface area contributed by atoms with E-state index in [9.17, 15) is 9.59 Å². The van der Waals surface area contributed by atoms with E-state index in [0.29, 0.717) is 5.69 Å². The quantitative estimate of drug-likeness (QED) is 0.870. The third kappa shape index (κ3) is 2.66. The highest BCUT2D eigenvalue weighted by Gasteiger charge is 2.16. The Labute approximate surface area is 108 Å². The van der Waals surface area contributed by atoms with E-state index in [1.165, 1.54) is 22.0 Å². The van der Waals surface area contributed by atoms with Gasteiger partial charge in [-0.1, -0.05) is 6.07 Å². The second-order valence-electron chi connectivity index (χ2n) is 3.85. The second-order valence-corrected chi connectivity index (χ2v) is 4.83. The SMILES string of the molecule is Cn1cc(NC(=O)C(N)c2cccs2)ccc1=O. The molecule has 2 aromatic heterocycles. The van der Waals surface area contributed by atoms with Crippen LogP contribution in [-0.4, -0.2) is 10.5 Å². The highest BCUT2D eigenvalue weighted by molar-refractivity contribution is 7.10. The molecule has 0 spiro atoms. The van der Waals surface area contributed by atoms with Crippen molar-refractivity contribution in [2.24, 2.45) is 12.8 Å². The van der Waals surface area contributed by atoms with Crippen LogP contribution >= 0.6 is 11.3 Å². The fourth-order valence-electron chi connectivity index (χ4n) is 1.49. The van der Waals surface area contributed by atoms with Gasteiger partial charge in [0.1, 0.15) is 6.04 Å². The standard InChI is InChI=1S/C12H13N3O2S/c1-15-7-8(4-5-10(15)16)14-12(17)11(13)9-3-2-6-18-9/h2-7,11H,13H2,1H3,(H,14,17). The van der Waals surface area contributed by atoms with E-state index in [1.807, 2.05) is 17.5 Å². The molecule has 6 heteroatoms. The van der Waals surface area contributed by atoms with Crippen LogP contribution in [0.4, 0.5) is 5.69 Å². The maximum Gasteiger partial charge on any atom is 0.250 e. The number of carbonyl (C=O) groups excluding carboxylic acids is 1. The predicted octanol–water partition coefficient (Wildman–Crippen LogP) is 1.09. The van der Waals surface area contributed by atoms with Crippen molar-refractivity contribution in [3.05, 3.63) is 51.1 Å². The molecule has 3 N–H and O–H groups in total. The summed E-state index contributed by atoms with van der Waals surface area (Å²) in [6, 6.07) is 5.92. The van der Waals surface area contributed by atoms with Crippen LogP contribution in [0.2, 0.25) is 0 Å². The van der Waals surface area contributed by atoms with Crippen molar-refractivity contribution >= 4 is 22.9 Å². The number of pyridine rings is 1. The Hall–Kier alpha value is -1.92. The van der Waals surface area contributed by atoms with Gasteiger partial charge in [-0.25, -0.2) is 0 Å². The minimum atomic E-state index is -0.692. The molecular formula is C12H13N3O2S. The first-order valence-corrected chi connectivity index (χ1v) is 6.22. The summed E-state index contributed by atoms with van der Waals surface area (Å²) in [7, 11) is 1.62. The number of aryl methyl sites for hydroxylation is 1. The first-order chi connectivity index (χ1) is 8.58. The van der Waals surface area contributed by atoms with Crippen molar-refractivity contribution < 1.29 is 4.79 Å². The lowest BCUT2D eigenvalue weighted by atomic mass is 10.2. The van der Waals surface area contributed by atoms with Crippen LogP contribution < -0.4 is 16.6 Å². The summed E-state index contributed by atoms with van der Waals surface area (Å²) in [5.41, 5.74) is 6.25. The van der Waals surface area contributed by atoms with Crippen molar-refractivity contribution in [1.29, 1.82) is 0 Å². The normalized spacial score (nSPS) is 12.1. The maximum atomic E-state index is 11.9. The Morgan fingerprint density at radius 2 is 2.22 bits per heavy atom. The molecule has 0 aliphatic heterocycles. The summed E-state index contributed by atoms with van der Waals surface area (Å²) in [6.07, 6.45) is 1.56. The first kappa shape index (κ1) is 12.5. The summed E-state index contributed by atoms with van der Waals surface area (Å²) in [5.74, 6) is -0.295. The van der Waals surface area contributed by atoms with Gasteiger partial charge < -0.3 is 15.6 Å². The van der Waals surface area contributed by atoms with Gasteiger partial charge in [0.05, 0.1) is 5.69 Å². The molecule has 1 atom stereocenters. The first-order valence-electron chi connectivity index (χ1n) is 5.34. The molecule has 2 aromatic rings. The number of hydrogen-bond acceptors (Lipinski definition) is 4.